The van der Waals surface area contributed by atoms with Gasteiger partial charge in [0, 0.05) is 12.3 Å². The van der Waals surface area contributed by atoms with E-state index < -0.39 is 11.7 Å². The van der Waals surface area contributed by atoms with Crippen LogP contribution in [0.5, 0.6) is 0 Å². The number of fused-ring (bicyclic) bond motifs is 1. The van der Waals surface area contributed by atoms with Gasteiger partial charge < -0.3 is 15.1 Å². The van der Waals surface area contributed by atoms with Crippen molar-refractivity contribution in [2.24, 2.45) is 11.1 Å². The number of hydrogen-bond acceptors (Lipinski definition) is 4. The summed E-state index contributed by atoms with van der Waals surface area (Å²) in [6, 6.07) is 0. The van der Waals surface area contributed by atoms with Crippen LogP contribution < -0.4 is 0 Å². The van der Waals surface area contributed by atoms with E-state index in [1.165, 1.54) is 0 Å². The van der Waals surface area contributed by atoms with E-state index in [2.05, 4.69) is 11.7 Å². The van der Waals surface area contributed by atoms with Crippen molar-refractivity contribution in [3.63, 3.8) is 0 Å². The molecule has 0 bridgehead atoms. The van der Waals surface area contributed by atoms with Crippen LogP contribution in [0.3, 0.4) is 0 Å². The Hall–Kier alpha value is -0.870. The van der Waals surface area contributed by atoms with Gasteiger partial charge in [0.15, 0.2) is 0 Å². The summed E-state index contributed by atoms with van der Waals surface area (Å²) in [5.74, 6) is 0.0729. The lowest BCUT2D eigenvalue weighted by atomic mass is 9.74. The molecule has 0 aromatic heterocycles. The summed E-state index contributed by atoms with van der Waals surface area (Å²) in [7, 11) is 0. The molecule has 0 saturated heterocycles. The van der Waals surface area contributed by atoms with Gasteiger partial charge in [-0.2, -0.15) is 0 Å². The fourth-order valence-electron chi connectivity index (χ4n) is 2.30. The van der Waals surface area contributed by atoms with E-state index in [4.69, 9.17) is 4.84 Å². The van der Waals surface area contributed by atoms with E-state index in [0.717, 1.165) is 0 Å². The number of aliphatic hydroxyl groups is 2. The topological polar surface area (TPSA) is 62.0 Å². The van der Waals surface area contributed by atoms with Gasteiger partial charge >= 0.3 is 0 Å². The number of rotatable bonds is 2. The summed E-state index contributed by atoms with van der Waals surface area (Å²) in [6.45, 7) is 4.09. The molecule has 0 aromatic carbocycles. The quantitative estimate of drug-likeness (QED) is 0.632. The third-order valence-electron chi connectivity index (χ3n) is 2.93. The van der Waals surface area contributed by atoms with E-state index in [0.29, 0.717) is 31.6 Å². The van der Waals surface area contributed by atoms with Crippen molar-refractivity contribution in [2.45, 2.75) is 31.0 Å². The third-order valence-corrected chi connectivity index (χ3v) is 2.93. The summed E-state index contributed by atoms with van der Waals surface area (Å²) in [5.41, 5.74) is -0.141. The van der Waals surface area contributed by atoms with E-state index >= 15 is 0 Å². The van der Waals surface area contributed by atoms with Crippen LogP contribution in [0, 0.1) is 5.92 Å². The highest BCUT2D eigenvalue weighted by Crippen LogP contribution is 2.36. The van der Waals surface area contributed by atoms with Crippen LogP contribution in [-0.2, 0) is 4.84 Å². The van der Waals surface area contributed by atoms with Crippen molar-refractivity contribution in [3.8, 4) is 0 Å². The minimum absolute atomic E-state index is 0.0729. The van der Waals surface area contributed by atoms with Gasteiger partial charge in [-0.25, -0.2) is 0 Å². The van der Waals surface area contributed by atoms with Crippen molar-refractivity contribution >= 4 is 5.71 Å². The van der Waals surface area contributed by atoms with E-state index in [1.54, 1.807) is 6.08 Å². The Kier molecular flexibility index (Phi) is 2.33. The first kappa shape index (κ1) is 9.68. The molecular formula is C10H15NO3. The molecular weight excluding hydrogens is 182 g/mol. The molecule has 1 heterocycles. The summed E-state index contributed by atoms with van der Waals surface area (Å²) in [6.07, 6.45) is 2.46. The first-order chi connectivity index (χ1) is 6.64. The summed E-state index contributed by atoms with van der Waals surface area (Å²) >= 11 is 0. The molecule has 2 rings (SSSR count). The second-order valence-corrected chi connectivity index (χ2v) is 4.15. The molecule has 0 radical (unpaired) electrons. The summed E-state index contributed by atoms with van der Waals surface area (Å²) in [5, 5.41) is 23.7. The normalized spacial score (nSPS) is 41.1. The second kappa shape index (κ2) is 3.37. The fourth-order valence-corrected chi connectivity index (χ4v) is 2.30. The average molecular weight is 197 g/mol. The maximum atomic E-state index is 10.1. The molecule has 1 saturated carbocycles. The first-order valence-electron chi connectivity index (χ1n) is 4.86. The summed E-state index contributed by atoms with van der Waals surface area (Å²) < 4.78 is 0. The monoisotopic (exact) mass is 197 g/mol. The molecule has 14 heavy (non-hydrogen) atoms. The molecule has 0 amide bonds. The van der Waals surface area contributed by atoms with Crippen LogP contribution in [0.15, 0.2) is 17.8 Å². The van der Waals surface area contributed by atoms with Gasteiger partial charge in [-0.3, -0.25) is 0 Å². The lowest BCUT2D eigenvalue weighted by Crippen LogP contribution is -2.46. The van der Waals surface area contributed by atoms with Crippen molar-refractivity contribution in [3.05, 3.63) is 12.7 Å². The van der Waals surface area contributed by atoms with E-state index in [9.17, 15) is 10.2 Å². The molecule has 78 valence electrons. The Morgan fingerprint density at radius 2 is 2.43 bits per heavy atom. The Morgan fingerprint density at radius 3 is 3.14 bits per heavy atom. The van der Waals surface area contributed by atoms with Crippen LogP contribution >= 0.6 is 0 Å². The van der Waals surface area contributed by atoms with Crippen molar-refractivity contribution in [1.82, 2.24) is 0 Å². The maximum absolute atomic E-state index is 10.1. The molecule has 1 aliphatic carbocycles. The molecule has 0 unspecified atom stereocenters. The highest BCUT2D eigenvalue weighted by Gasteiger charge is 2.44. The Labute approximate surface area is 82.9 Å². The van der Waals surface area contributed by atoms with Gasteiger partial charge in [0.1, 0.15) is 6.61 Å². The van der Waals surface area contributed by atoms with E-state index in [1.807, 2.05) is 0 Å². The zero-order valence-corrected chi connectivity index (χ0v) is 8.02. The zero-order valence-electron chi connectivity index (χ0n) is 8.02. The second-order valence-electron chi connectivity index (χ2n) is 4.15. The maximum Gasteiger partial charge on any atom is 0.125 e. The third kappa shape index (κ3) is 1.55. The van der Waals surface area contributed by atoms with Gasteiger partial charge in [-0.15, -0.1) is 6.58 Å². The van der Waals surface area contributed by atoms with Gasteiger partial charge in [-0.1, -0.05) is 11.2 Å². The van der Waals surface area contributed by atoms with E-state index in [-0.39, 0.29) is 5.92 Å². The van der Waals surface area contributed by atoms with Gasteiger partial charge in [0.2, 0.25) is 0 Å². The molecule has 4 nitrogen and oxygen atoms in total. The Bertz CT molecular complexity index is 277. The molecule has 2 aliphatic rings. The van der Waals surface area contributed by atoms with Crippen LogP contribution in [0.4, 0.5) is 0 Å². The van der Waals surface area contributed by atoms with Crippen LogP contribution in [0.2, 0.25) is 0 Å². The smallest absolute Gasteiger partial charge is 0.125 e. The minimum atomic E-state index is -0.835. The molecule has 0 spiro atoms. The van der Waals surface area contributed by atoms with Gasteiger partial charge in [0.05, 0.1) is 17.4 Å². The molecule has 0 aromatic rings. The highest BCUT2D eigenvalue weighted by atomic mass is 16.6. The predicted octanol–water partition coefficient (Wildman–Crippen LogP) is 0.451. The molecule has 2 N–H and O–H groups in total. The van der Waals surface area contributed by atoms with Crippen molar-refractivity contribution < 1.29 is 15.1 Å². The van der Waals surface area contributed by atoms with Crippen LogP contribution in [-0.4, -0.2) is 34.2 Å². The fraction of sp³-hybridized carbons (Fsp3) is 0.700. The Morgan fingerprint density at radius 1 is 1.64 bits per heavy atom. The number of hydrogen-bond donors (Lipinski definition) is 2. The summed E-state index contributed by atoms with van der Waals surface area (Å²) in [4.78, 5) is 4.92. The first-order valence-corrected chi connectivity index (χ1v) is 4.86. The molecule has 1 aliphatic heterocycles. The SMILES string of the molecule is C=CC[C@]1(O)C[C@H]2CON=C2[C@@H](O)C1. The molecule has 1 fully saturated rings. The number of oxime groups is 1. The average Bonchev–Trinajstić information content (AvgIpc) is 2.51. The standard InChI is InChI=1S/C10H15NO3/c1-2-3-10(13)4-7-6-14-11-9(7)8(12)5-10/h2,7-8,12-13H,1,3-6H2/t7-,8-,10-/m0/s1. The zero-order chi connectivity index (χ0) is 10.2. The van der Waals surface area contributed by atoms with Gasteiger partial charge in [0.25, 0.3) is 0 Å². The van der Waals surface area contributed by atoms with Crippen molar-refractivity contribution in [2.75, 3.05) is 6.61 Å². The highest BCUT2D eigenvalue weighted by molar-refractivity contribution is 5.92. The predicted molar refractivity (Wildman–Crippen MR) is 51.9 cm³/mol. The van der Waals surface area contributed by atoms with Crippen molar-refractivity contribution in [1.29, 1.82) is 0 Å². The van der Waals surface area contributed by atoms with Gasteiger partial charge in [-0.05, 0) is 12.8 Å². The Balaban J connectivity index is 2.13. The largest absolute Gasteiger partial charge is 0.395 e. The lowest BCUT2D eigenvalue weighted by Gasteiger charge is -2.36. The molecule has 3 atom stereocenters. The number of aliphatic hydroxyl groups excluding tert-OH is 1. The van der Waals surface area contributed by atoms with Crippen LogP contribution in [0.25, 0.3) is 0 Å². The minimum Gasteiger partial charge on any atom is -0.395 e. The number of nitrogens with zero attached hydrogens (tertiary/aromatic N) is 1. The molecule has 4 heteroatoms. The van der Waals surface area contributed by atoms with Crippen LogP contribution in [0.1, 0.15) is 19.3 Å². The lowest BCUT2D eigenvalue weighted by molar-refractivity contribution is -0.0233.